The zero-order valence-electron chi connectivity index (χ0n) is 8.54. The van der Waals surface area contributed by atoms with E-state index in [-0.39, 0.29) is 16.8 Å². The first-order valence-corrected chi connectivity index (χ1v) is 4.80. The number of nitrogen functional groups attached to an aromatic ring is 1. The summed E-state index contributed by atoms with van der Waals surface area (Å²) in [5, 5.41) is 3.15. The number of ether oxygens (including phenoxy) is 1. The molecule has 0 amide bonds. The lowest BCUT2D eigenvalue weighted by Gasteiger charge is -2.24. The van der Waals surface area contributed by atoms with Gasteiger partial charge in [0, 0.05) is 6.61 Å². The molecule has 4 N–H and O–H groups in total. The van der Waals surface area contributed by atoms with E-state index < -0.39 is 0 Å². The highest BCUT2D eigenvalue weighted by Gasteiger charge is 2.30. The smallest absolute Gasteiger partial charge is 0.276 e. The van der Waals surface area contributed by atoms with E-state index in [0.717, 1.165) is 6.42 Å². The van der Waals surface area contributed by atoms with Crippen molar-refractivity contribution in [1.29, 1.82) is 0 Å². The number of H-pyrrole nitrogens is 1. The molecule has 0 aromatic carbocycles. The van der Waals surface area contributed by atoms with Gasteiger partial charge in [0.05, 0.1) is 18.5 Å². The van der Waals surface area contributed by atoms with Crippen molar-refractivity contribution < 1.29 is 4.74 Å². The Bertz CT molecular complexity index is 409. The van der Waals surface area contributed by atoms with Crippen LogP contribution in [0, 0.1) is 0 Å². The molecule has 6 heteroatoms. The first-order chi connectivity index (χ1) is 7.11. The maximum Gasteiger partial charge on any atom is 0.276 e. The van der Waals surface area contributed by atoms with Crippen molar-refractivity contribution in [3.8, 4) is 0 Å². The second-order valence-electron chi connectivity index (χ2n) is 3.98. The molecule has 1 aliphatic heterocycles. The zero-order valence-corrected chi connectivity index (χ0v) is 8.54. The van der Waals surface area contributed by atoms with E-state index in [1.165, 1.54) is 6.33 Å². The maximum atomic E-state index is 11.2. The molecule has 0 bridgehead atoms. The molecule has 0 aliphatic carbocycles. The van der Waals surface area contributed by atoms with E-state index in [1.54, 1.807) is 0 Å². The Morgan fingerprint density at radius 2 is 2.53 bits per heavy atom. The predicted molar refractivity (Wildman–Crippen MR) is 56.7 cm³/mol. The van der Waals surface area contributed by atoms with E-state index in [9.17, 15) is 4.79 Å². The minimum Gasteiger partial charge on any atom is -0.391 e. The molecular weight excluding hydrogens is 196 g/mol. The molecule has 1 unspecified atom stereocenters. The van der Waals surface area contributed by atoms with Gasteiger partial charge in [-0.1, -0.05) is 0 Å². The van der Waals surface area contributed by atoms with Crippen LogP contribution in [0.15, 0.2) is 11.1 Å². The summed E-state index contributed by atoms with van der Waals surface area (Å²) >= 11 is 0. The highest BCUT2D eigenvalue weighted by molar-refractivity contribution is 5.60. The summed E-state index contributed by atoms with van der Waals surface area (Å²) in [6.45, 7) is 3.33. The van der Waals surface area contributed by atoms with Crippen LogP contribution in [-0.2, 0) is 4.74 Å². The van der Waals surface area contributed by atoms with Crippen molar-refractivity contribution >= 4 is 11.5 Å². The van der Waals surface area contributed by atoms with Gasteiger partial charge in [-0.3, -0.25) is 4.79 Å². The molecule has 6 nitrogen and oxygen atoms in total. The summed E-state index contributed by atoms with van der Waals surface area (Å²) in [4.78, 5) is 17.6. The van der Waals surface area contributed by atoms with Crippen LogP contribution >= 0.6 is 0 Å². The molecule has 1 atom stereocenters. The standard InChI is InChI=1S/C9H14N4O2/c1-9(2-3-15-4-9)13-7-6(10)8(14)12-5-11-7/h5H,2-4,10H2,1H3,(H2,11,12,13,14). The Balaban J connectivity index is 2.24. The Hall–Kier alpha value is -1.56. The number of nitrogens with zero attached hydrogens (tertiary/aromatic N) is 1. The van der Waals surface area contributed by atoms with Gasteiger partial charge in [0.15, 0.2) is 5.82 Å². The first-order valence-electron chi connectivity index (χ1n) is 4.80. The van der Waals surface area contributed by atoms with Gasteiger partial charge in [-0.15, -0.1) is 0 Å². The van der Waals surface area contributed by atoms with Gasteiger partial charge >= 0.3 is 0 Å². The highest BCUT2D eigenvalue weighted by atomic mass is 16.5. The second kappa shape index (κ2) is 3.54. The molecule has 1 saturated heterocycles. The average molecular weight is 210 g/mol. The van der Waals surface area contributed by atoms with Crippen LogP contribution in [0.2, 0.25) is 0 Å². The topological polar surface area (TPSA) is 93.0 Å². The normalized spacial score (nSPS) is 25.4. The first kappa shape index (κ1) is 9.97. The van der Waals surface area contributed by atoms with Crippen LogP contribution in [0.1, 0.15) is 13.3 Å². The molecule has 1 aliphatic rings. The number of rotatable bonds is 2. The molecule has 82 valence electrons. The minimum atomic E-state index is -0.324. The number of anilines is 2. The van der Waals surface area contributed by atoms with Crippen LogP contribution in [0.25, 0.3) is 0 Å². The summed E-state index contributed by atoms with van der Waals surface area (Å²) in [6, 6.07) is 0. The maximum absolute atomic E-state index is 11.2. The number of nitrogens with two attached hydrogens (primary N) is 1. The van der Waals surface area contributed by atoms with E-state index >= 15 is 0 Å². The van der Waals surface area contributed by atoms with Crippen molar-refractivity contribution in [1.82, 2.24) is 9.97 Å². The number of aromatic amines is 1. The van der Waals surface area contributed by atoms with Gasteiger partial charge in [0.25, 0.3) is 5.56 Å². The Morgan fingerprint density at radius 1 is 1.73 bits per heavy atom. The largest absolute Gasteiger partial charge is 0.391 e. The summed E-state index contributed by atoms with van der Waals surface area (Å²) in [5.74, 6) is 0.423. The number of aromatic nitrogens is 2. The summed E-state index contributed by atoms with van der Waals surface area (Å²) in [7, 11) is 0. The third kappa shape index (κ3) is 1.94. The van der Waals surface area contributed by atoms with Crippen LogP contribution in [0.5, 0.6) is 0 Å². The van der Waals surface area contributed by atoms with Crippen LogP contribution in [-0.4, -0.2) is 28.7 Å². The SMILES string of the molecule is CC1(Nc2nc[nH]c(=O)c2N)CCOC1. The van der Waals surface area contributed by atoms with Gasteiger partial charge in [0.1, 0.15) is 5.69 Å². The fraction of sp³-hybridized carbons (Fsp3) is 0.556. The lowest BCUT2D eigenvalue weighted by Crippen LogP contribution is -2.36. The number of hydrogen-bond donors (Lipinski definition) is 3. The molecule has 1 fully saturated rings. The van der Waals surface area contributed by atoms with Crippen molar-refractivity contribution in [2.75, 3.05) is 24.3 Å². The molecule has 0 spiro atoms. The van der Waals surface area contributed by atoms with Crippen LogP contribution in [0.3, 0.4) is 0 Å². The molecule has 1 aromatic heterocycles. The average Bonchev–Trinajstić information content (AvgIpc) is 2.60. The monoisotopic (exact) mass is 210 g/mol. The van der Waals surface area contributed by atoms with Gasteiger partial charge < -0.3 is 20.8 Å². The van der Waals surface area contributed by atoms with Crippen molar-refractivity contribution in [2.24, 2.45) is 0 Å². The summed E-state index contributed by atoms with van der Waals surface area (Å²) < 4.78 is 5.29. The lowest BCUT2D eigenvalue weighted by atomic mass is 10.0. The third-order valence-electron chi connectivity index (χ3n) is 2.53. The van der Waals surface area contributed by atoms with Crippen LogP contribution in [0.4, 0.5) is 11.5 Å². The van der Waals surface area contributed by atoms with Gasteiger partial charge in [-0.05, 0) is 13.3 Å². The summed E-state index contributed by atoms with van der Waals surface area (Å²) in [5.41, 5.74) is 5.22. The van der Waals surface area contributed by atoms with E-state index in [1.807, 2.05) is 6.92 Å². The second-order valence-corrected chi connectivity index (χ2v) is 3.98. The third-order valence-corrected chi connectivity index (χ3v) is 2.53. The van der Waals surface area contributed by atoms with E-state index in [4.69, 9.17) is 10.5 Å². The fourth-order valence-electron chi connectivity index (χ4n) is 1.56. The predicted octanol–water partition coefficient (Wildman–Crippen LogP) is -0.0570. The molecule has 2 heterocycles. The van der Waals surface area contributed by atoms with Gasteiger partial charge in [-0.25, -0.2) is 4.98 Å². The number of nitrogens with one attached hydrogen (secondary N) is 2. The van der Waals surface area contributed by atoms with Crippen LogP contribution < -0.4 is 16.6 Å². The van der Waals surface area contributed by atoms with Crippen molar-refractivity contribution in [3.63, 3.8) is 0 Å². The minimum absolute atomic E-state index is 0.116. The van der Waals surface area contributed by atoms with Crippen molar-refractivity contribution in [2.45, 2.75) is 18.9 Å². The molecule has 0 radical (unpaired) electrons. The fourth-order valence-corrected chi connectivity index (χ4v) is 1.56. The van der Waals surface area contributed by atoms with E-state index in [0.29, 0.717) is 19.0 Å². The quantitative estimate of drug-likeness (QED) is 0.636. The van der Waals surface area contributed by atoms with E-state index in [2.05, 4.69) is 15.3 Å². The van der Waals surface area contributed by atoms with Gasteiger partial charge in [0.2, 0.25) is 0 Å². The zero-order chi connectivity index (χ0) is 10.9. The number of hydrogen-bond acceptors (Lipinski definition) is 5. The Morgan fingerprint density at radius 3 is 3.20 bits per heavy atom. The molecule has 15 heavy (non-hydrogen) atoms. The Labute approximate surface area is 86.9 Å². The highest BCUT2D eigenvalue weighted by Crippen LogP contribution is 2.23. The molecular formula is C9H14N4O2. The Kier molecular flexibility index (Phi) is 2.36. The molecule has 1 aromatic rings. The molecule has 0 saturated carbocycles. The van der Waals surface area contributed by atoms with Gasteiger partial charge in [-0.2, -0.15) is 0 Å². The van der Waals surface area contributed by atoms with Crippen molar-refractivity contribution in [3.05, 3.63) is 16.7 Å². The summed E-state index contributed by atoms with van der Waals surface area (Å²) in [6.07, 6.45) is 2.21. The lowest BCUT2D eigenvalue weighted by molar-refractivity contribution is 0.185. The molecule has 2 rings (SSSR count).